The molecule has 3 aromatic heterocycles. The molecule has 8 heteroatoms. The monoisotopic (exact) mass is 405 g/mol. The maximum atomic E-state index is 12.6. The normalized spacial score (nSPS) is 20.5. The second-order valence-corrected chi connectivity index (χ2v) is 8.41. The lowest BCUT2D eigenvalue weighted by molar-refractivity contribution is 0.0844. The molecule has 0 aromatic carbocycles. The van der Waals surface area contributed by atoms with E-state index < -0.39 is 0 Å². The predicted molar refractivity (Wildman–Crippen MR) is 113 cm³/mol. The van der Waals surface area contributed by atoms with Crippen LogP contribution in [0.25, 0.3) is 5.65 Å². The Hall–Kier alpha value is -2.84. The fourth-order valence-corrected chi connectivity index (χ4v) is 4.00. The summed E-state index contributed by atoms with van der Waals surface area (Å²) in [6.07, 6.45) is 6.15. The number of piperazine rings is 1. The van der Waals surface area contributed by atoms with Crippen LogP contribution in [-0.2, 0) is 6.54 Å². The summed E-state index contributed by atoms with van der Waals surface area (Å²) in [6, 6.07) is 9.83. The first kappa shape index (κ1) is 19.1. The van der Waals surface area contributed by atoms with Gasteiger partial charge in [0.15, 0.2) is 11.5 Å². The summed E-state index contributed by atoms with van der Waals surface area (Å²) in [6.45, 7) is 4.34. The second-order valence-electron chi connectivity index (χ2n) is 8.41. The zero-order valence-electron chi connectivity index (χ0n) is 17.2. The molecule has 5 rings (SSSR count). The van der Waals surface area contributed by atoms with Gasteiger partial charge in [0.1, 0.15) is 0 Å². The van der Waals surface area contributed by atoms with Gasteiger partial charge < -0.3 is 5.32 Å². The average Bonchev–Trinajstić information content (AvgIpc) is 3.51. The van der Waals surface area contributed by atoms with Crippen LogP contribution in [-0.4, -0.2) is 68.5 Å². The molecule has 2 fully saturated rings. The van der Waals surface area contributed by atoms with Gasteiger partial charge in [-0.1, -0.05) is 6.07 Å². The third-order valence-corrected chi connectivity index (χ3v) is 6.08. The molecule has 1 saturated carbocycles. The summed E-state index contributed by atoms with van der Waals surface area (Å²) in [4.78, 5) is 21.7. The average molecular weight is 406 g/mol. The molecule has 1 saturated heterocycles. The molecule has 30 heavy (non-hydrogen) atoms. The first-order valence-electron chi connectivity index (χ1n) is 10.6. The van der Waals surface area contributed by atoms with Gasteiger partial charge in [0, 0.05) is 45.1 Å². The number of hydrogen-bond acceptors (Lipinski definition) is 6. The Labute approximate surface area is 175 Å². The number of carbonyl (C=O) groups is 1. The van der Waals surface area contributed by atoms with Crippen LogP contribution in [0.1, 0.15) is 40.8 Å². The van der Waals surface area contributed by atoms with Crippen molar-refractivity contribution < 1.29 is 4.79 Å². The molecule has 1 amide bonds. The molecule has 1 N–H and O–H groups in total. The standard InChI is InChI=1S/C22H27N7O/c1-27-10-11-28(14-18-4-2-3-9-23-18)15-19(27)21-26-25-20-8-7-17(13-29(20)21)22(30)24-12-16-5-6-16/h2-4,7-9,13,16,19H,5-6,10-12,14-15H2,1H3,(H,24,30)/t19-/m1/s1. The van der Waals surface area contributed by atoms with Crippen LogP contribution in [0.3, 0.4) is 0 Å². The Morgan fingerprint density at radius 1 is 1.17 bits per heavy atom. The Morgan fingerprint density at radius 3 is 2.87 bits per heavy atom. The van der Waals surface area contributed by atoms with E-state index in [2.05, 4.69) is 43.4 Å². The predicted octanol–water partition coefficient (Wildman–Crippen LogP) is 1.75. The number of pyridine rings is 2. The highest BCUT2D eigenvalue weighted by Crippen LogP contribution is 2.28. The lowest BCUT2D eigenvalue weighted by atomic mass is 10.1. The molecule has 4 heterocycles. The number of aromatic nitrogens is 4. The summed E-state index contributed by atoms with van der Waals surface area (Å²) in [5.41, 5.74) is 2.48. The molecule has 0 unspecified atom stereocenters. The lowest BCUT2D eigenvalue weighted by Crippen LogP contribution is -2.46. The van der Waals surface area contributed by atoms with Gasteiger partial charge in [-0.3, -0.25) is 24.0 Å². The Balaban J connectivity index is 1.36. The highest BCUT2D eigenvalue weighted by molar-refractivity contribution is 5.94. The first-order chi connectivity index (χ1) is 14.7. The SMILES string of the molecule is CN1CCN(Cc2ccccn2)C[C@@H]1c1nnc2ccc(C(=O)NCC3CC3)cn12. The number of hydrogen-bond donors (Lipinski definition) is 1. The summed E-state index contributed by atoms with van der Waals surface area (Å²) in [5, 5.41) is 11.9. The van der Waals surface area contributed by atoms with E-state index in [0.717, 1.165) is 49.9 Å². The van der Waals surface area contributed by atoms with Crippen LogP contribution >= 0.6 is 0 Å². The molecule has 0 bridgehead atoms. The summed E-state index contributed by atoms with van der Waals surface area (Å²) in [7, 11) is 2.12. The van der Waals surface area contributed by atoms with Gasteiger partial charge in [0.2, 0.25) is 0 Å². The zero-order valence-corrected chi connectivity index (χ0v) is 17.2. The largest absolute Gasteiger partial charge is 0.352 e. The van der Waals surface area contributed by atoms with E-state index in [-0.39, 0.29) is 11.9 Å². The van der Waals surface area contributed by atoms with Crippen molar-refractivity contribution in [1.29, 1.82) is 0 Å². The lowest BCUT2D eigenvalue weighted by Gasteiger charge is -2.38. The van der Waals surface area contributed by atoms with Crippen molar-refractivity contribution in [2.45, 2.75) is 25.4 Å². The molecule has 1 aliphatic carbocycles. The summed E-state index contributed by atoms with van der Waals surface area (Å²) in [5.74, 6) is 1.50. The van der Waals surface area contributed by atoms with E-state index in [1.54, 1.807) is 0 Å². The molecular weight excluding hydrogens is 378 g/mol. The molecule has 156 valence electrons. The van der Waals surface area contributed by atoms with Crippen molar-refractivity contribution in [3.8, 4) is 0 Å². The van der Waals surface area contributed by atoms with Crippen LogP contribution in [0.5, 0.6) is 0 Å². The smallest absolute Gasteiger partial charge is 0.252 e. The molecule has 1 atom stereocenters. The minimum Gasteiger partial charge on any atom is -0.352 e. The van der Waals surface area contributed by atoms with Gasteiger partial charge in [-0.25, -0.2) is 0 Å². The molecule has 0 radical (unpaired) electrons. The molecule has 0 spiro atoms. The van der Waals surface area contributed by atoms with Gasteiger partial charge in [0.05, 0.1) is 17.3 Å². The van der Waals surface area contributed by atoms with Crippen molar-refractivity contribution in [2.75, 3.05) is 33.2 Å². The van der Waals surface area contributed by atoms with Gasteiger partial charge >= 0.3 is 0 Å². The van der Waals surface area contributed by atoms with E-state index in [4.69, 9.17) is 0 Å². The van der Waals surface area contributed by atoms with Crippen LogP contribution in [0.4, 0.5) is 0 Å². The van der Waals surface area contributed by atoms with Gasteiger partial charge in [-0.2, -0.15) is 0 Å². The van der Waals surface area contributed by atoms with E-state index in [0.29, 0.717) is 11.5 Å². The summed E-state index contributed by atoms with van der Waals surface area (Å²) >= 11 is 0. The Kier molecular flexibility index (Phi) is 5.18. The van der Waals surface area contributed by atoms with Crippen LogP contribution in [0.15, 0.2) is 42.7 Å². The maximum Gasteiger partial charge on any atom is 0.252 e. The van der Waals surface area contributed by atoms with Crippen molar-refractivity contribution in [1.82, 2.24) is 34.7 Å². The Bertz CT molecular complexity index is 1030. The number of amides is 1. The zero-order chi connectivity index (χ0) is 20.5. The van der Waals surface area contributed by atoms with Gasteiger partial charge in [0.25, 0.3) is 5.91 Å². The third kappa shape index (κ3) is 4.06. The third-order valence-electron chi connectivity index (χ3n) is 6.08. The van der Waals surface area contributed by atoms with E-state index in [9.17, 15) is 4.79 Å². The minimum absolute atomic E-state index is 0.0303. The maximum absolute atomic E-state index is 12.6. The number of nitrogens with zero attached hydrogens (tertiary/aromatic N) is 6. The number of fused-ring (bicyclic) bond motifs is 1. The summed E-state index contributed by atoms with van der Waals surface area (Å²) < 4.78 is 1.97. The van der Waals surface area contributed by atoms with E-state index >= 15 is 0 Å². The minimum atomic E-state index is -0.0303. The molecule has 8 nitrogen and oxygen atoms in total. The highest BCUT2D eigenvalue weighted by atomic mass is 16.1. The number of rotatable bonds is 6. The topological polar surface area (TPSA) is 78.7 Å². The molecule has 1 aliphatic heterocycles. The van der Waals surface area contributed by atoms with Gasteiger partial charge in [-0.05, 0) is 50.1 Å². The first-order valence-corrected chi connectivity index (χ1v) is 10.6. The van der Waals surface area contributed by atoms with Crippen molar-refractivity contribution >= 4 is 11.6 Å². The van der Waals surface area contributed by atoms with E-state index in [1.165, 1.54) is 12.8 Å². The van der Waals surface area contributed by atoms with E-state index in [1.807, 2.05) is 41.1 Å². The van der Waals surface area contributed by atoms with Gasteiger partial charge in [-0.15, -0.1) is 10.2 Å². The molecule has 2 aliphatic rings. The highest BCUT2D eigenvalue weighted by Gasteiger charge is 2.30. The number of likely N-dealkylation sites (N-methyl/N-ethyl adjacent to an activating group) is 1. The Morgan fingerprint density at radius 2 is 2.07 bits per heavy atom. The van der Waals surface area contributed by atoms with Crippen LogP contribution in [0.2, 0.25) is 0 Å². The number of nitrogens with one attached hydrogen (secondary N) is 1. The van der Waals surface area contributed by atoms with Crippen LogP contribution < -0.4 is 5.32 Å². The van der Waals surface area contributed by atoms with Crippen LogP contribution in [0, 0.1) is 5.92 Å². The van der Waals surface area contributed by atoms with Crippen molar-refractivity contribution in [3.63, 3.8) is 0 Å². The number of carbonyl (C=O) groups excluding carboxylic acids is 1. The molecular formula is C22H27N7O. The van der Waals surface area contributed by atoms with Crippen molar-refractivity contribution in [3.05, 3.63) is 59.8 Å². The van der Waals surface area contributed by atoms with Crippen molar-refractivity contribution in [2.24, 2.45) is 5.92 Å². The fourth-order valence-electron chi connectivity index (χ4n) is 4.00. The fraction of sp³-hybridized carbons (Fsp3) is 0.455. The molecule has 3 aromatic rings. The quantitative estimate of drug-likeness (QED) is 0.673. The second kappa shape index (κ2) is 8.12.